The highest BCUT2D eigenvalue weighted by Gasteiger charge is 2.11. The van der Waals surface area contributed by atoms with Gasteiger partial charge in [-0.05, 0) is 18.2 Å². The van der Waals surface area contributed by atoms with Crippen molar-refractivity contribution in [1.29, 1.82) is 0 Å². The molecule has 0 amide bonds. The van der Waals surface area contributed by atoms with Crippen LogP contribution in [-0.4, -0.2) is 16.1 Å². The lowest BCUT2D eigenvalue weighted by atomic mass is 10.2. The van der Waals surface area contributed by atoms with E-state index in [1.807, 2.05) is 18.2 Å². The van der Waals surface area contributed by atoms with E-state index in [0.29, 0.717) is 5.56 Å². The first-order valence-corrected chi connectivity index (χ1v) is 6.13. The molecule has 2 rings (SSSR count). The summed E-state index contributed by atoms with van der Waals surface area (Å²) >= 11 is 1.39. The molecule has 0 saturated heterocycles. The zero-order valence-electron chi connectivity index (χ0n) is 9.76. The molecule has 0 saturated carbocycles. The van der Waals surface area contributed by atoms with E-state index in [9.17, 15) is 10.1 Å². The molecule has 1 aromatic carbocycles. The highest BCUT2D eigenvalue weighted by molar-refractivity contribution is 7.99. The van der Waals surface area contributed by atoms with Gasteiger partial charge < -0.3 is 5.84 Å². The number of hydrazone groups is 1. The second-order valence-corrected chi connectivity index (χ2v) is 4.59. The largest absolute Gasteiger partial charge is 0.323 e. The standard InChI is InChI=1S/C12H10N4O2S/c13-15-8-9-7-10(16(17)18)4-5-11(9)19-12-3-1-2-6-14-12/h1-8H,13H2. The van der Waals surface area contributed by atoms with E-state index in [-0.39, 0.29) is 5.69 Å². The van der Waals surface area contributed by atoms with E-state index in [1.54, 1.807) is 12.3 Å². The predicted octanol–water partition coefficient (Wildman–Crippen LogP) is 2.43. The van der Waals surface area contributed by atoms with Gasteiger partial charge in [-0.3, -0.25) is 10.1 Å². The Morgan fingerprint density at radius 2 is 2.21 bits per heavy atom. The molecule has 0 aliphatic rings. The number of pyridine rings is 1. The molecule has 1 aromatic heterocycles. The highest BCUT2D eigenvalue weighted by Crippen LogP contribution is 2.30. The number of hydrogen-bond donors (Lipinski definition) is 1. The predicted molar refractivity (Wildman–Crippen MR) is 73.2 cm³/mol. The zero-order valence-corrected chi connectivity index (χ0v) is 10.6. The first-order valence-electron chi connectivity index (χ1n) is 5.31. The van der Waals surface area contributed by atoms with Crippen LogP contribution < -0.4 is 5.84 Å². The van der Waals surface area contributed by atoms with Crippen molar-refractivity contribution >= 4 is 23.7 Å². The van der Waals surface area contributed by atoms with Crippen LogP contribution in [0.4, 0.5) is 5.69 Å². The number of aromatic nitrogens is 1. The Hall–Kier alpha value is -2.41. The van der Waals surface area contributed by atoms with E-state index >= 15 is 0 Å². The molecule has 19 heavy (non-hydrogen) atoms. The lowest BCUT2D eigenvalue weighted by molar-refractivity contribution is -0.384. The highest BCUT2D eigenvalue weighted by atomic mass is 32.2. The summed E-state index contributed by atoms with van der Waals surface area (Å²) in [6, 6.07) is 10.1. The molecule has 96 valence electrons. The maximum atomic E-state index is 10.7. The van der Waals surface area contributed by atoms with Crippen LogP contribution in [0.25, 0.3) is 0 Å². The van der Waals surface area contributed by atoms with Crippen LogP contribution in [0.5, 0.6) is 0 Å². The van der Waals surface area contributed by atoms with Gasteiger partial charge in [0.25, 0.3) is 5.69 Å². The third-order valence-corrected chi connectivity index (χ3v) is 3.31. The van der Waals surface area contributed by atoms with E-state index in [2.05, 4.69) is 10.1 Å². The molecular weight excluding hydrogens is 264 g/mol. The fourth-order valence-electron chi connectivity index (χ4n) is 1.44. The summed E-state index contributed by atoms with van der Waals surface area (Å²) in [5.74, 6) is 5.12. The van der Waals surface area contributed by atoms with Crippen molar-refractivity contribution in [3.63, 3.8) is 0 Å². The van der Waals surface area contributed by atoms with Crippen molar-refractivity contribution in [2.75, 3.05) is 0 Å². The van der Waals surface area contributed by atoms with E-state index in [1.165, 1.54) is 30.1 Å². The minimum atomic E-state index is -0.455. The molecule has 0 aliphatic carbocycles. The van der Waals surface area contributed by atoms with Gasteiger partial charge in [0, 0.05) is 28.8 Å². The Bertz CT molecular complexity index is 616. The summed E-state index contributed by atoms with van der Waals surface area (Å²) in [7, 11) is 0. The first kappa shape index (κ1) is 13.0. The summed E-state index contributed by atoms with van der Waals surface area (Å²) in [5, 5.41) is 15.0. The first-order chi connectivity index (χ1) is 9.20. The van der Waals surface area contributed by atoms with Crippen molar-refractivity contribution in [1.82, 2.24) is 4.98 Å². The quantitative estimate of drug-likeness (QED) is 0.400. The average molecular weight is 274 g/mol. The Balaban J connectivity index is 2.37. The van der Waals surface area contributed by atoms with Crippen molar-refractivity contribution in [3.8, 4) is 0 Å². The van der Waals surface area contributed by atoms with Crippen LogP contribution in [-0.2, 0) is 0 Å². The monoisotopic (exact) mass is 274 g/mol. The number of nitro groups is 1. The van der Waals surface area contributed by atoms with Gasteiger partial charge in [0.2, 0.25) is 0 Å². The second kappa shape index (κ2) is 5.96. The Morgan fingerprint density at radius 3 is 2.84 bits per heavy atom. The summed E-state index contributed by atoms with van der Waals surface area (Å²) in [5.41, 5.74) is 0.590. The summed E-state index contributed by atoms with van der Waals surface area (Å²) in [4.78, 5) is 15.3. The van der Waals surface area contributed by atoms with Gasteiger partial charge in [-0.25, -0.2) is 4.98 Å². The topological polar surface area (TPSA) is 94.4 Å². The maximum Gasteiger partial charge on any atom is 0.270 e. The van der Waals surface area contributed by atoms with E-state index in [4.69, 9.17) is 5.84 Å². The van der Waals surface area contributed by atoms with Crippen LogP contribution in [0.1, 0.15) is 5.56 Å². The molecule has 2 aromatic rings. The molecule has 0 unspecified atom stereocenters. The molecular formula is C12H10N4O2S. The molecule has 0 radical (unpaired) electrons. The van der Waals surface area contributed by atoms with Crippen molar-refractivity contribution in [3.05, 3.63) is 58.3 Å². The van der Waals surface area contributed by atoms with Crippen LogP contribution in [0.2, 0.25) is 0 Å². The third-order valence-electron chi connectivity index (χ3n) is 2.27. The molecule has 0 aliphatic heterocycles. The van der Waals surface area contributed by atoms with Crippen LogP contribution >= 0.6 is 11.8 Å². The molecule has 0 atom stereocenters. The number of nitrogens with zero attached hydrogens (tertiary/aromatic N) is 3. The molecule has 0 bridgehead atoms. The number of non-ortho nitro benzene ring substituents is 1. The summed E-state index contributed by atoms with van der Waals surface area (Å²) in [6.07, 6.45) is 3.07. The molecule has 0 spiro atoms. The minimum absolute atomic E-state index is 0.000251. The fraction of sp³-hybridized carbons (Fsp3) is 0. The fourth-order valence-corrected chi connectivity index (χ4v) is 2.29. The SMILES string of the molecule is NN=Cc1cc([N+](=O)[O-])ccc1Sc1ccccn1. The number of benzene rings is 1. The van der Waals surface area contributed by atoms with Gasteiger partial charge >= 0.3 is 0 Å². The van der Waals surface area contributed by atoms with Crippen LogP contribution in [0.3, 0.4) is 0 Å². The maximum absolute atomic E-state index is 10.7. The smallest absolute Gasteiger partial charge is 0.270 e. The molecule has 1 heterocycles. The Kier molecular flexibility index (Phi) is 4.09. The zero-order chi connectivity index (χ0) is 13.7. The van der Waals surface area contributed by atoms with Gasteiger partial charge in [-0.1, -0.05) is 17.8 Å². The van der Waals surface area contributed by atoms with E-state index < -0.39 is 4.92 Å². The minimum Gasteiger partial charge on any atom is -0.323 e. The van der Waals surface area contributed by atoms with Crippen molar-refractivity contribution in [2.24, 2.45) is 10.9 Å². The third kappa shape index (κ3) is 3.29. The van der Waals surface area contributed by atoms with Gasteiger partial charge in [-0.2, -0.15) is 5.10 Å². The molecule has 6 nitrogen and oxygen atoms in total. The molecule has 7 heteroatoms. The molecule has 0 fully saturated rings. The second-order valence-electron chi connectivity index (χ2n) is 3.53. The normalized spacial score (nSPS) is 10.7. The lowest BCUT2D eigenvalue weighted by Gasteiger charge is -2.04. The van der Waals surface area contributed by atoms with Crippen LogP contribution in [0, 0.1) is 10.1 Å². The van der Waals surface area contributed by atoms with Crippen molar-refractivity contribution in [2.45, 2.75) is 9.92 Å². The van der Waals surface area contributed by atoms with Gasteiger partial charge in [0.15, 0.2) is 0 Å². The number of nitro benzene ring substituents is 1. The van der Waals surface area contributed by atoms with Crippen molar-refractivity contribution < 1.29 is 4.92 Å². The van der Waals surface area contributed by atoms with Crippen LogP contribution in [0.15, 0.2) is 57.6 Å². The number of nitrogens with two attached hydrogens (primary N) is 1. The van der Waals surface area contributed by atoms with Gasteiger partial charge in [0.1, 0.15) is 5.03 Å². The Morgan fingerprint density at radius 1 is 1.37 bits per heavy atom. The Labute approximate surface area is 113 Å². The average Bonchev–Trinajstić information content (AvgIpc) is 2.42. The number of rotatable bonds is 4. The molecule has 2 N–H and O–H groups in total. The van der Waals surface area contributed by atoms with Gasteiger partial charge in [-0.15, -0.1) is 0 Å². The summed E-state index contributed by atoms with van der Waals surface area (Å²) in [6.45, 7) is 0. The summed E-state index contributed by atoms with van der Waals surface area (Å²) < 4.78 is 0. The van der Waals surface area contributed by atoms with E-state index in [0.717, 1.165) is 9.92 Å². The lowest BCUT2D eigenvalue weighted by Crippen LogP contribution is -1.94. The number of hydrogen-bond acceptors (Lipinski definition) is 6. The van der Waals surface area contributed by atoms with Gasteiger partial charge in [0.05, 0.1) is 11.1 Å².